The first-order chi connectivity index (χ1) is 12.3. The van der Waals surface area contributed by atoms with E-state index in [-0.39, 0.29) is 24.8 Å². The third-order valence-electron chi connectivity index (χ3n) is 3.50. The van der Waals surface area contributed by atoms with E-state index in [1.165, 1.54) is 12.4 Å². The molecule has 1 aliphatic rings. The molecule has 26 heavy (non-hydrogen) atoms. The van der Waals surface area contributed by atoms with Crippen LogP contribution in [0.5, 0.6) is 5.75 Å². The van der Waals surface area contributed by atoms with Crippen LogP contribution >= 0.6 is 0 Å². The number of alkyl carbamates (subject to hydrolysis) is 1. The molecule has 1 saturated heterocycles. The minimum absolute atomic E-state index is 0.0317. The molecule has 2 rings (SSSR count). The highest BCUT2D eigenvalue weighted by Crippen LogP contribution is 2.17. The molecule has 0 saturated carbocycles. The van der Waals surface area contributed by atoms with Crippen LogP contribution in [0.15, 0.2) is 24.3 Å². The molecule has 1 aromatic heterocycles. The summed E-state index contributed by atoms with van der Waals surface area (Å²) >= 11 is 0. The molecule has 2 heterocycles. The van der Waals surface area contributed by atoms with Crippen molar-refractivity contribution in [2.45, 2.75) is 38.9 Å². The molecular formula is C17H25FN4O4. The lowest BCUT2D eigenvalue weighted by atomic mass is 10.2. The van der Waals surface area contributed by atoms with E-state index in [4.69, 9.17) is 9.47 Å². The molecule has 1 aliphatic heterocycles. The predicted molar refractivity (Wildman–Crippen MR) is 93.8 cm³/mol. The van der Waals surface area contributed by atoms with Crippen LogP contribution in [0.2, 0.25) is 0 Å². The first-order valence-corrected chi connectivity index (χ1v) is 8.39. The van der Waals surface area contributed by atoms with E-state index in [0.29, 0.717) is 37.5 Å². The normalized spacial score (nSPS) is 18.0. The zero-order valence-electron chi connectivity index (χ0n) is 15.2. The topological polar surface area (TPSA) is 96.8 Å². The van der Waals surface area contributed by atoms with Crippen molar-refractivity contribution in [1.82, 2.24) is 15.3 Å². The van der Waals surface area contributed by atoms with Gasteiger partial charge in [-0.05, 0) is 27.2 Å². The lowest BCUT2D eigenvalue weighted by Gasteiger charge is -2.20. The van der Waals surface area contributed by atoms with Gasteiger partial charge in [-0.3, -0.25) is 0 Å². The van der Waals surface area contributed by atoms with E-state index in [1.54, 1.807) is 20.8 Å². The molecule has 0 spiro atoms. The van der Waals surface area contributed by atoms with Crippen molar-refractivity contribution < 1.29 is 23.8 Å². The van der Waals surface area contributed by atoms with E-state index < -0.39 is 11.7 Å². The molecular weight excluding hydrogens is 343 g/mol. The van der Waals surface area contributed by atoms with Gasteiger partial charge >= 0.3 is 6.09 Å². The van der Waals surface area contributed by atoms with Crippen molar-refractivity contribution >= 4 is 12.0 Å². The predicted octanol–water partition coefficient (Wildman–Crippen LogP) is 1.80. The molecule has 1 amide bonds. The highest BCUT2D eigenvalue weighted by Gasteiger charge is 2.22. The molecule has 1 atom stereocenters. The van der Waals surface area contributed by atoms with Crippen LogP contribution in [-0.4, -0.2) is 59.1 Å². The number of aliphatic hydroxyl groups is 1. The van der Waals surface area contributed by atoms with Crippen LogP contribution in [0.1, 0.15) is 27.2 Å². The fraction of sp³-hybridized carbons (Fsp3) is 0.588. The van der Waals surface area contributed by atoms with Gasteiger partial charge in [0.25, 0.3) is 0 Å². The molecule has 1 aromatic rings. The van der Waals surface area contributed by atoms with Gasteiger partial charge in [-0.1, -0.05) is 0 Å². The molecule has 0 aromatic carbocycles. The first-order valence-electron chi connectivity index (χ1n) is 8.39. The van der Waals surface area contributed by atoms with E-state index in [1.807, 2.05) is 4.90 Å². The summed E-state index contributed by atoms with van der Waals surface area (Å²) in [4.78, 5) is 21.8. The number of nitrogens with zero attached hydrogens (tertiary/aromatic N) is 3. The van der Waals surface area contributed by atoms with Crippen molar-refractivity contribution in [1.29, 1.82) is 0 Å². The summed E-state index contributed by atoms with van der Waals surface area (Å²) in [5, 5.41) is 12.0. The van der Waals surface area contributed by atoms with Gasteiger partial charge < -0.3 is 24.8 Å². The van der Waals surface area contributed by atoms with Crippen LogP contribution < -0.4 is 15.0 Å². The van der Waals surface area contributed by atoms with Crippen molar-refractivity contribution in [3.8, 4) is 5.75 Å². The Morgan fingerprint density at radius 2 is 2.15 bits per heavy atom. The Bertz CT molecular complexity index is 631. The summed E-state index contributed by atoms with van der Waals surface area (Å²) in [6.45, 7) is 6.35. The number of rotatable bonds is 6. The van der Waals surface area contributed by atoms with Crippen molar-refractivity contribution in [3.63, 3.8) is 0 Å². The summed E-state index contributed by atoms with van der Waals surface area (Å²) in [7, 11) is 0. The van der Waals surface area contributed by atoms with E-state index in [0.717, 1.165) is 0 Å². The Hall–Kier alpha value is -2.42. The van der Waals surface area contributed by atoms with Gasteiger partial charge in [0.05, 0.1) is 24.8 Å². The average molecular weight is 368 g/mol. The van der Waals surface area contributed by atoms with Gasteiger partial charge in [0.15, 0.2) is 5.75 Å². The fourth-order valence-corrected chi connectivity index (χ4v) is 2.27. The number of hydrogen-bond donors (Lipinski definition) is 2. The summed E-state index contributed by atoms with van der Waals surface area (Å²) in [6, 6.07) is 0. The second-order valence-corrected chi connectivity index (χ2v) is 7.02. The molecule has 0 aliphatic carbocycles. The van der Waals surface area contributed by atoms with Crippen LogP contribution in [0.4, 0.5) is 15.1 Å². The van der Waals surface area contributed by atoms with Gasteiger partial charge in [0, 0.05) is 25.2 Å². The Balaban J connectivity index is 1.78. The third-order valence-corrected chi connectivity index (χ3v) is 3.50. The number of halogens is 1. The second-order valence-electron chi connectivity index (χ2n) is 7.02. The largest absolute Gasteiger partial charge is 0.486 e. The lowest BCUT2D eigenvalue weighted by Crippen LogP contribution is -2.34. The van der Waals surface area contributed by atoms with Gasteiger partial charge in [-0.15, -0.1) is 0 Å². The quantitative estimate of drug-likeness (QED) is 0.790. The maximum Gasteiger partial charge on any atom is 0.407 e. The average Bonchev–Trinajstić information content (AvgIpc) is 3.00. The number of aliphatic hydroxyl groups excluding tert-OH is 1. The summed E-state index contributed by atoms with van der Waals surface area (Å²) < 4.78 is 23.5. The molecule has 2 N–H and O–H groups in total. The Morgan fingerprint density at radius 3 is 2.69 bits per heavy atom. The number of amides is 1. The number of β-amino-alcohol motifs (C(OH)–C–C–N with tert-alkyl or cyclic N) is 1. The number of ether oxygens (including phenoxy) is 2. The first kappa shape index (κ1) is 19.9. The standard InChI is InChI=1S/C17H25FN4O4/c1-17(2,3)26-16(24)21-7-12(6-18)11-25-14-8-19-15(20-9-14)22-5-4-13(23)10-22/h6,8-9,13,23H,4-5,7,10-11H2,1-3H3,(H,21,24)/b12-6+. The third kappa shape index (κ3) is 6.47. The Kier molecular flexibility index (Phi) is 6.73. The maximum atomic E-state index is 13.0. The number of carbonyl (C=O) groups excluding carboxylic acids is 1. The molecule has 0 radical (unpaired) electrons. The highest BCUT2D eigenvalue weighted by atomic mass is 19.1. The van der Waals surface area contributed by atoms with E-state index >= 15 is 0 Å². The maximum absolute atomic E-state index is 13.0. The molecule has 144 valence electrons. The molecule has 8 nitrogen and oxygen atoms in total. The van der Waals surface area contributed by atoms with Crippen LogP contribution in [0, 0.1) is 0 Å². The van der Waals surface area contributed by atoms with E-state index in [9.17, 15) is 14.3 Å². The van der Waals surface area contributed by atoms with Gasteiger partial charge in [0.1, 0.15) is 12.2 Å². The number of aromatic nitrogens is 2. The number of carbonyl (C=O) groups is 1. The monoisotopic (exact) mass is 368 g/mol. The Labute approximate surface area is 152 Å². The smallest absolute Gasteiger partial charge is 0.407 e. The zero-order valence-corrected chi connectivity index (χ0v) is 15.2. The van der Waals surface area contributed by atoms with Gasteiger partial charge in [0.2, 0.25) is 5.95 Å². The SMILES string of the molecule is CC(C)(C)OC(=O)NC/C(=C\F)COc1cnc(N2CCC(O)C2)nc1. The minimum Gasteiger partial charge on any atom is -0.486 e. The Morgan fingerprint density at radius 1 is 1.46 bits per heavy atom. The zero-order chi connectivity index (χ0) is 19.2. The van der Waals surface area contributed by atoms with Crippen molar-refractivity contribution in [3.05, 3.63) is 24.3 Å². The number of anilines is 1. The number of hydrogen-bond acceptors (Lipinski definition) is 7. The molecule has 1 unspecified atom stereocenters. The molecule has 0 bridgehead atoms. The summed E-state index contributed by atoms with van der Waals surface area (Å²) in [6.07, 6.45) is 3.07. The highest BCUT2D eigenvalue weighted by molar-refractivity contribution is 5.68. The lowest BCUT2D eigenvalue weighted by molar-refractivity contribution is 0.0531. The number of nitrogens with one attached hydrogen (secondary N) is 1. The summed E-state index contributed by atoms with van der Waals surface area (Å²) in [5.74, 6) is 0.895. The van der Waals surface area contributed by atoms with Crippen LogP contribution in [0.25, 0.3) is 0 Å². The fourth-order valence-electron chi connectivity index (χ4n) is 2.27. The molecule has 1 fully saturated rings. The van der Waals surface area contributed by atoms with Crippen LogP contribution in [0.3, 0.4) is 0 Å². The summed E-state index contributed by atoms with van der Waals surface area (Å²) in [5.41, 5.74) is -0.382. The van der Waals surface area contributed by atoms with E-state index in [2.05, 4.69) is 15.3 Å². The van der Waals surface area contributed by atoms with Crippen molar-refractivity contribution in [2.75, 3.05) is 31.1 Å². The minimum atomic E-state index is -0.627. The van der Waals surface area contributed by atoms with Gasteiger partial charge in [-0.2, -0.15) is 0 Å². The van der Waals surface area contributed by atoms with Gasteiger partial charge in [-0.25, -0.2) is 19.2 Å². The molecule has 9 heteroatoms. The van der Waals surface area contributed by atoms with Crippen LogP contribution in [-0.2, 0) is 4.74 Å². The second kappa shape index (κ2) is 8.79. The van der Waals surface area contributed by atoms with Crippen molar-refractivity contribution in [2.24, 2.45) is 0 Å².